The van der Waals surface area contributed by atoms with Crippen molar-refractivity contribution in [2.24, 2.45) is 0 Å². The van der Waals surface area contributed by atoms with Gasteiger partial charge in [-0.2, -0.15) is 0 Å². The Morgan fingerprint density at radius 2 is 1.73 bits per heavy atom. The highest BCUT2D eigenvalue weighted by atomic mass is 16.6. The minimum atomic E-state index is -0.620. The van der Waals surface area contributed by atoms with Gasteiger partial charge in [-0.25, -0.2) is 9.78 Å². The number of carbonyl (C=O) groups excluding carboxylic acids is 1. The van der Waals surface area contributed by atoms with Crippen molar-refractivity contribution in [1.29, 1.82) is 0 Å². The van der Waals surface area contributed by atoms with E-state index in [-0.39, 0.29) is 18.8 Å². The number of carbonyl (C=O) groups is 1. The van der Waals surface area contributed by atoms with Crippen LogP contribution in [0.2, 0.25) is 0 Å². The molecule has 0 radical (unpaired) electrons. The zero-order chi connectivity index (χ0) is 29.3. The summed E-state index contributed by atoms with van der Waals surface area (Å²) in [5.41, 5.74) is 3.27. The third kappa shape index (κ3) is 10.2. The minimum absolute atomic E-state index is 0.0240. The van der Waals surface area contributed by atoms with Crippen molar-refractivity contribution in [2.45, 2.75) is 65.9 Å². The van der Waals surface area contributed by atoms with Gasteiger partial charge in [0.15, 0.2) is 5.88 Å². The van der Waals surface area contributed by atoms with Crippen LogP contribution in [-0.4, -0.2) is 50.4 Å². The number of benzene rings is 1. The van der Waals surface area contributed by atoms with Gasteiger partial charge in [0.25, 0.3) is 0 Å². The third-order valence-corrected chi connectivity index (χ3v) is 5.44. The molecule has 40 heavy (non-hydrogen) atoms. The monoisotopic (exact) mass is 547 g/mol. The fraction of sp³-hybridized carbons (Fsp3) is 0.387. The Balaban J connectivity index is 1.68. The molecule has 2 aromatic heterocycles. The summed E-state index contributed by atoms with van der Waals surface area (Å²) in [4.78, 5) is 23.6. The Bertz CT molecular complexity index is 1280. The molecule has 3 N–H and O–H groups in total. The van der Waals surface area contributed by atoms with Gasteiger partial charge >= 0.3 is 6.09 Å². The molecule has 0 aliphatic heterocycles. The number of nitrogens with one attached hydrogen (secondary N) is 2. The van der Waals surface area contributed by atoms with Gasteiger partial charge in [0, 0.05) is 36.7 Å². The smallest absolute Gasteiger partial charge is 0.410 e. The lowest BCUT2D eigenvalue weighted by Crippen LogP contribution is -2.40. The van der Waals surface area contributed by atoms with Crippen LogP contribution in [0.25, 0.3) is 11.1 Å². The average Bonchev–Trinajstić information content (AvgIpc) is 2.87. The molecule has 0 fully saturated rings. The number of rotatable bonds is 11. The van der Waals surface area contributed by atoms with E-state index in [1.54, 1.807) is 17.3 Å². The van der Waals surface area contributed by atoms with Crippen LogP contribution in [0.3, 0.4) is 0 Å². The number of pyridine rings is 2. The van der Waals surface area contributed by atoms with Crippen LogP contribution < -0.4 is 10.6 Å². The van der Waals surface area contributed by atoms with Gasteiger partial charge in [-0.1, -0.05) is 18.2 Å². The number of anilines is 2. The van der Waals surface area contributed by atoms with E-state index >= 15 is 0 Å². The molecule has 0 atom stereocenters. The van der Waals surface area contributed by atoms with Gasteiger partial charge in [0.2, 0.25) is 0 Å². The molecule has 9 nitrogen and oxygen atoms in total. The van der Waals surface area contributed by atoms with Crippen molar-refractivity contribution < 1.29 is 19.4 Å². The zero-order valence-electron chi connectivity index (χ0n) is 24.3. The van der Waals surface area contributed by atoms with Gasteiger partial charge in [-0.05, 0) is 89.6 Å². The molecular formula is C31H41N5O4. The van der Waals surface area contributed by atoms with Gasteiger partial charge < -0.3 is 30.1 Å². The Morgan fingerprint density at radius 3 is 2.38 bits per heavy atom. The Morgan fingerprint density at radius 1 is 0.975 bits per heavy atom. The number of aliphatic hydroxyl groups excluding tert-OH is 1. The van der Waals surface area contributed by atoms with E-state index < -0.39 is 11.7 Å². The predicted molar refractivity (Wildman–Crippen MR) is 158 cm³/mol. The maximum atomic E-state index is 13.0. The normalized spacial score (nSPS) is 11.5. The summed E-state index contributed by atoms with van der Waals surface area (Å²) in [5, 5.41) is 15.8. The first-order valence-corrected chi connectivity index (χ1v) is 13.3. The lowest BCUT2D eigenvalue weighted by molar-refractivity contribution is 0.0211. The number of nitrogens with zero attached hydrogens (tertiary/aromatic N) is 3. The highest BCUT2D eigenvalue weighted by Crippen LogP contribution is 2.24. The second kappa shape index (κ2) is 13.3. The van der Waals surface area contributed by atoms with Crippen molar-refractivity contribution >= 4 is 17.6 Å². The minimum Gasteiger partial charge on any atom is -0.474 e. The zero-order valence-corrected chi connectivity index (χ0v) is 24.3. The second-order valence-corrected chi connectivity index (χ2v) is 11.4. The summed E-state index contributed by atoms with van der Waals surface area (Å²) in [7, 11) is 0. The number of ether oxygens (including phenoxy) is 2. The van der Waals surface area contributed by atoms with Crippen molar-refractivity contribution in [3.05, 3.63) is 84.6 Å². The molecule has 0 aliphatic rings. The summed E-state index contributed by atoms with van der Waals surface area (Å²) >= 11 is 0. The van der Waals surface area contributed by atoms with Gasteiger partial charge in [0.05, 0.1) is 18.8 Å². The molecule has 2 heterocycles. The van der Waals surface area contributed by atoms with Crippen LogP contribution in [0.15, 0.2) is 73.4 Å². The highest BCUT2D eigenvalue weighted by Gasteiger charge is 2.23. The number of hydrogen-bond donors (Lipinski definition) is 3. The number of aliphatic hydroxyl groups is 1. The summed E-state index contributed by atoms with van der Waals surface area (Å²) in [6, 6.07) is 15.3. The van der Waals surface area contributed by atoms with Crippen LogP contribution in [0.1, 0.15) is 52.8 Å². The number of hydrogen-bond acceptors (Lipinski definition) is 8. The molecule has 3 aromatic rings. The first-order chi connectivity index (χ1) is 18.8. The summed E-state index contributed by atoms with van der Waals surface area (Å²) in [6.45, 7) is 16.4. The van der Waals surface area contributed by atoms with E-state index in [4.69, 9.17) is 9.47 Å². The molecule has 1 aromatic carbocycles. The summed E-state index contributed by atoms with van der Waals surface area (Å²) in [5.74, 6) is 1.13. The largest absolute Gasteiger partial charge is 0.474 e. The van der Waals surface area contributed by atoms with Gasteiger partial charge in [-0.3, -0.25) is 4.98 Å². The van der Waals surface area contributed by atoms with Crippen molar-refractivity contribution in [1.82, 2.24) is 20.2 Å². The van der Waals surface area contributed by atoms with E-state index in [1.165, 1.54) is 0 Å². The highest BCUT2D eigenvalue weighted by molar-refractivity contribution is 5.69. The Labute approximate surface area is 237 Å². The molecule has 0 saturated carbocycles. The maximum Gasteiger partial charge on any atom is 0.410 e. The van der Waals surface area contributed by atoms with E-state index in [9.17, 15) is 9.90 Å². The summed E-state index contributed by atoms with van der Waals surface area (Å²) < 4.78 is 11.3. The molecule has 9 heteroatoms. The van der Waals surface area contributed by atoms with E-state index in [1.807, 2.05) is 90.1 Å². The molecular weight excluding hydrogens is 506 g/mol. The van der Waals surface area contributed by atoms with Crippen molar-refractivity contribution in [3.63, 3.8) is 0 Å². The van der Waals surface area contributed by atoms with Crippen molar-refractivity contribution in [3.8, 4) is 11.1 Å². The quantitative estimate of drug-likeness (QED) is 0.251. The van der Waals surface area contributed by atoms with E-state index in [2.05, 4.69) is 27.2 Å². The van der Waals surface area contributed by atoms with Crippen molar-refractivity contribution in [2.75, 3.05) is 18.4 Å². The lowest BCUT2D eigenvalue weighted by atomic mass is 10.1. The number of aromatic nitrogens is 2. The fourth-order valence-corrected chi connectivity index (χ4v) is 3.76. The number of amides is 1. The standard InChI is InChI=1S/C31H41N5O4/c1-22(39-30(2,3)4)32-15-16-36(29(38)40-31(5,6)7)20-27-12-11-25(19-34-27)24-13-14-33-28(18-24)35-26-10-8-9-23(17-26)21-37/h8-14,17-19,32,37H,1,15-16,20-21H2,2-7H3,(H,33,35). The molecule has 0 aliphatic carbocycles. The molecule has 214 valence electrons. The molecule has 0 spiro atoms. The Hall–Kier alpha value is -4.11. The lowest BCUT2D eigenvalue weighted by Gasteiger charge is -2.28. The van der Waals surface area contributed by atoms with Crippen LogP contribution in [0, 0.1) is 0 Å². The molecule has 0 saturated heterocycles. The molecule has 0 bridgehead atoms. The average molecular weight is 548 g/mol. The van der Waals surface area contributed by atoms with E-state index in [0.717, 1.165) is 28.1 Å². The first kappa shape index (κ1) is 30.4. The van der Waals surface area contributed by atoms with Gasteiger partial charge in [0.1, 0.15) is 17.0 Å². The topological polar surface area (TPSA) is 109 Å². The maximum absolute atomic E-state index is 13.0. The SMILES string of the molecule is C=C(NCCN(Cc1ccc(-c2ccnc(Nc3cccc(CO)c3)c2)cn1)C(=O)OC(C)(C)C)OC(C)(C)C. The molecule has 1 amide bonds. The molecule has 3 rings (SSSR count). The first-order valence-electron chi connectivity index (χ1n) is 13.3. The third-order valence-electron chi connectivity index (χ3n) is 5.44. The fourth-order valence-electron chi connectivity index (χ4n) is 3.76. The van der Waals surface area contributed by atoms with Crippen LogP contribution in [0.5, 0.6) is 0 Å². The molecule has 0 unspecified atom stereocenters. The summed E-state index contributed by atoms with van der Waals surface area (Å²) in [6.07, 6.45) is 3.10. The van der Waals surface area contributed by atoms with Gasteiger partial charge in [-0.15, -0.1) is 0 Å². The van der Waals surface area contributed by atoms with Crippen LogP contribution in [-0.2, 0) is 22.6 Å². The van der Waals surface area contributed by atoms with Crippen LogP contribution >= 0.6 is 0 Å². The van der Waals surface area contributed by atoms with E-state index in [0.29, 0.717) is 24.8 Å². The second-order valence-electron chi connectivity index (χ2n) is 11.4. The van der Waals surface area contributed by atoms with Crippen LogP contribution in [0.4, 0.5) is 16.3 Å². The predicted octanol–water partition coefficient (Wildman–Crippen LogP) is 5.99. The Kier molecular flexibility index (Phi) is 10.1.